The van der Waals surface area contributed by atoms with E-state index < -0.39 is 0 Å². The number of nitrogens with zero attached hydrogens (tertiary/aromatic N) is 3. The predicted molar refractivity (Wildman–Crippen MR) is 118 cm³/mol. The maximum atomic E-state index is 12.4. The van der Waals surface area contributed by atoms with Crippen LogP contribution in [0.2, 0.25) is 5.02 Å². The number of carbonyl (C=O) groups excluding carboxylic acids is 1. The summed E-state index contributed by atoms with van der Waals surface area (Å²) >= 11 is 7.07. The van der Waals surface area contributed by atoms with Crippen LogP contribution in [-0.2, 0) is 4.79 Å². The summed E-state index contributed by atoms with van der Waals surface area (Å²) in [6, 6.07) is 16.6. The van der Waals surface area contributed by atoms with E-state index in [0.717, 1.165) is 23.0 Å². The Morgan fingerprint density at radius 2 is 1.93 bits per heavy atom. The fraction of sp³-hybridized carbons (Fsp3) is 0.143. The van der Waals surface area contributed by atoms with Crippen molar-refractivity contribution in [2.24, 2.45) is 0 Å². The van der Waals surface area contributed by atoms with Gasteiger partial charge in [0.15, 0.2) is 10.8 Å². The minimum Gasteiger partial charge on any atom is -0.349 e. The van der Waals surface area contributed by atoms with Gasteiger partial charge in [0, 0.05) is 5.02 Å². The quantitative estimate of drug-likeness (QED) is 0.352. The van der Waals surface area contributed by atoms with Gasteiger partial charge in [-0.2, -0.15) is 5.10 Å². The summed E-state index contributed by atoms with van der Waals surface area (Å²) in [6.45, 7) is 1.90. The second-order valence-corrected chi connectivity index (χ2v) is 8.03. The lowest BCUT2D eigenvalue weighted by Gasteiger charge is -2.14. The molecule has 1 atom stereocenters. The largest absolute Gasteiger partial charge is 0.349 e. The first-order valence-corrected chi connectivity index (χ1v) is 10.6. The number of hydrogen-bond donors (Lipinski definition) is 2. The van der Waals surface area contributed by atoms with Crippen LogP contribution in [0.5, 0.6) is 0 Å². The standard InChI is InChI=1S/C21H18ClN5O2S/c1-13(14-7-9-15(22)10-8-14)24-18(28)12-30-21-25-19-17(20(29)26-21)11-23-27(19)16-5-3-2-4-6-16/h2-11,13H,12H2,1H3,(H,24,28)(H,25,26,29). The topological polar surface area (TPSA) is 92.7 Å². The summed E-state index contributed by atoms with van der Waals surface area (Å²) in [5, 5.41) is 8.61. The molecule has 9 heteroatoms. The third-order valence-corrected chi connectivity index (χ3v) is 5.63. The molecule has 0 radical (unpaired) electrons. The Morgan fingerprint density at radius 3 is 2.67 bits per heavy atom. The third kappa shape index (κ3) is 4.39. The molecule has 2 N–H and O–H groups in total. The normalized spacial score (nSPS) is 12.1. The molecule has 0 fully saturated rings. The van der Waals surface area contributed by atoms with Crippen LogP contribution >= 0.6 is 23.4 Å². The molecule has 1 unspecified atom stereocenters. The van der Waals surface area contributed by atoms with Crippen LogP contribution in [0.1, 0.15) is 18.5 Å². The zero-order valence-electron chi connectivity index (χ0n) is 16.0. The molecule has 152 valence electrons. The molecular weight excluding hydrogens is 422 g/mol. The summed E-state index contributed by atoms with van der Waals surface area (Å²) in [4.78, 5) is 32.0. The van der Waals surface area contributed by atoms with Crippen LogP contribution < -0.4 is 10.9 Å². The average molecular weight is 440 g/mol. The smallest absolute Gasteiger partial charge is 0.262 e. The first-order chi connectivity index (χ1) is 14.5. The monoisotopic (exact) mass is 439 g/mol. The van der Waals surface area contributed by atoms with E-state index in [4.69, 9.17) is 11.6 Å². The highest BCUT2D eigenvalue weighted by atomic mass is 35.5. The van der Waals surface area contributed by atoms with E-state index in [1.54, 1.807) is 16.8 Å². The number of rotatable bonds is 6. The Labute approximate surface area is 181 Å². The van der Waals surface area contributed by atoms with E-state index in [-0.39, 0.29) is 23.3 Å². The van der Waals surface area contributed by atoms with Gasteiger partial charge in [-0.1, -0.05) is 53.7 Å². The van der Waals surface area contributed by atoms with Gasteiger partial charge >= 0.3 is 0 Å². The first kappa shape index (κ1) is 20.2. The number of fused-ring (bicyclic) bond motifs is 1. The number of thioether (sulfide) groups is 1. The minimum absolute atomic E-state index is 0.117. The van der Waals surface area contributed by atoms with E-state index in [9.17, 15) is 9.59 Å². The highest BCUT2D eigenvalue weighted by molar-refractivity contribution is 7.99. The fourth-order valence-electron chi connectivity index (χ4n) is 2.98. The minimum atomic E-state index is -0.292. The molecule has 4 rings (SSSR count). The number of carbonyl (C=O) groups is 1. The Kier molecular flexibility index (Phi) is 5.87. The van der Waals surface area contributed by atoms with Gasteiger partial charge in [-0.05, 0) is 36.8 Å². The number of benzene rings is 2. The molecular formula is C21H18ClN5O2S. The maximum absolute atomic E-state index is 12.4. The second-order valence-electron chi connectivity index (χ2n) is 6.63. The Balaban J connectivity index is 1.48. The lowest BCUT2D eigenvalue weighted by Crippen LogP contribution is -2.28. The van der Waals surface area contributed by atoms with Crippen molar-refractivity contribution in [2.75, 3.05) is 5.75 Å². The maximum Gasteiger partial charge on any atom is 0.262 e. The second kappa shape index (κ2) is 8.73. The zero-order chi connectivity index (χ0) is 21.1. The highest BCUT2D eigenvalue weighted by Gasteiger charge is 2.14. The van der Waals surface area contributed by atoms with Crippen molar-refractivity contribution in [3.8, 4) is 5.69 Å². The molecule has 0 saturated carbocycles. The van der Waals surface area contributed by atoms with Crippen molar-refractivity contribution < 1.29 is 4.79 Å². The van der Waals surface area contributed by atoms with Crippen LogP contribution in [0.15, 0.2) is 70.7 Å². The van der Waals surface area contributed by atoms with Crippen LogP contribution in [0.3, 0.4) is 0 Å². The van der Waals surface area contributed by atoms with Crippen LogP contribution in [0.4, 0.5) is 0 Å². The number of amides is 1. The van der Waals surface area contributed by atoms with Gasteiger partial charge < -0.3 is 10.3 Å². The third-order valence-electron chi connectivity index (χ3n) is 4.50. The van der Waals surface area contributed by atoms with Crippen LogP contribution in [0.25, 0.3) is 16.7 Å². The molecule has 2 aromatic heterocycles. The Bertz CT molecular complexity index is 1240. The van der Waals surface area contributed by atoms with Gasteiger partial charge in [0.25, 0.3) is 5.56 Å². The van der Waals surface area contributed by atoms with E-state index in [1.807, 2.05) is 49.4 Å². The summed E-state index contributed by atoms with van der Waals surface area (Å²) in [5.74, 6) is -0.0481. The lowest BCUT2D eigenvalue weighted by atomic mass is 10.1. The van der Waals surface area contributed by atoms with Gasteiger partial charge in [0.1, 0.15) is 5.39 Å². The number of aromatic amines is 1. The van der Waals surface area contributed by atoms with Gasteiger partial charge in [-0.15, -0.1) is 0 Å². The number of hydrogen-bond acceptors (Lipinski definition) is 5. The molecule has 1 amide bonds. The van der Waals surface area contributed by atoms with Crippen molar-refractivity contribution in [1.29, 1.82) is 0 Å². The molecule has 4 aromatic rings. The molecule has 0 bridgehead atoms. The number of aromatic nitrogens is 4. The molecule has 7 nitrogen and oxygen atoms in total. The number of nitrogens with one attached hydrogen (secondary N) is 2. The van der Waals surface area contributed by atoms with E-state index in [0.29, 0.717) is 21.2 Å². The van der Waals surface area contributed by atoms with Crippen molar-refractivity contribution in [1.82, 2.24) is 25.1 Å². The van der Waals surface area contributed by atoms with Crippen molar-refractivity contribution >= 4 is 40.3 Å². The summed E-state index contributed by atoms with van der Waals surface area (Å²) in [7, 11) is 0. The van der Waals surface area contributed by atoms with E-state index in [2.05, 4.69) is 20.4 Å². The van der Waals surface area contributed by atoms with Gasteiger partial charge in [0.2, 0.25) is 5.91 Å². The predicted octanol–water partition coefficient (Wildman–Crippen LogP) is 3.73. The average Bonchev–Trinajstić information content (AvgIpc) is 3.18. The van der Waals surface area contributed by atoms with E-state index >= 15 is 0 Å². The summed E-state index contributed by atoms with van der Waals surface area (Å²) in [6.07, 6.45) is 1.49. The molecule has 0 aliphatic heterocycles. The SMILES string of the molecule is CC(NC(=O)CSc1nc2c(cnn2-c2ccccc2)c(=O)[nH]1)c1ccc(Cl)cc1. The summed E-state index contributed by atoms with van der Waals surface area (Å²) in [5.41, 5.74) is 1.91. The molecule has 30 heavy (non-hydrogen) atoms. The van der Waals surface area contributed by atoms with Gasteiger partial charge in [-0.3, -0.25) is 9.59 Å². The number of H-pyrrole nitrogens is 1. The number of halogens is 1. The van der Waals surface area contributed by atoms with Crippen molar-refractivity contribution in [3.05, 3.63) is 81.7 Å². The van der Waals surface area contributed by atoms with Gasteiger partial charge in [-0.25, -0.2) is 9.67 Å². The van der Waals surface area contributed by atoms with Gasteiger partial charge in [0.05, 0.1) is 23.7 Å². The fourth-order valence-corrected chi connectivity index (χ4v) is 3.77. The summed E-state index contributed by atoms with van der Waals surface area (Å²) < 4.78 is 1.61. The van der Waals surface area contributed by atoms with Crippen LogP contribution in [0, 0.1) is 0 Å². The molecule has 2 aromatic carbocycles. The Hall–Kier alpha value is -3.10. The lowest BCUT2D eigenvalue weighted by molar-refractivity contribution is -0.119. The van der Waals surface area contributed by atoms with E-state index in [1.165, 1.54) is 6.20 Å². The molecule has 0 aliphatic rings. The van der Waals surface area contributed by atoms with Crippen molar-refractivity contribution in [2.45, 2.75) is 18.1 Å². The highest BCUT2D eigenvalue weighted by Crippen LogP contribution is 2.19. The zero-order valence-corrected chi connectivity index (χ0v) is 17.6. The molecule has 2 heterocycles. The first-order valence-electron chi connectivity index (χ1n) is 9.22. The van der Waals surface area contributed by atoms with Crippen molar-refractivity contribution in [3.63, 3.8) is 0 Å². The Morgan fingerprint density at radius 1 is 1.20 bits per heavy atom. The number of para-hydroxylation sites is 1. The van der Waals surface area contributed by atoms with Crippen LogP contribution in [-0.4, -0.2) is 31.4 Å². The molecule has 0 aliphatic carbocycles. The molecule has 0 spiro atoms. The molecule has 0 saturated heterocycles.